The fourth-order valence-corrected chi connectivity index (χ4v) is 2.87. The molecule has 2 aromatic carbocycles. The van der Waals surface area contributed by atoms with Crippen LogP contribution in [0.2, 0.25) is 0 Å². The van der Waals surface area contributed by atoms with Crippen molar-refractivity contribution >= 4 is 15.9 Å². The minimum absolute atomic E-state index is 0.168. The molecule has 0 bridgehead atoms. The van der Waals surface area contributed by atoms with Gasteiger partial charge in [-0.15, -0.1) is 0 Å². The maximum Gasteiger partial charge on any atom is 0.119 e. The molecule has 0 aliphatic heterocycles. The standard InChI is InChI=1S/C18H22BrNO/c1-3-12-20-18(16-10-5-6-11-17(16)19)14-8-7-9-15(13-14)21-4-2/h5-11,13,18,20H,3-4,12H2,1-2H3. The second kappa shape index (κ2) is 8.20. The zero-order valence-electron chi connectivity index (χ0n) is 12.6. The number of nitrogens with one attached hydrogen (secondary N) is 1. The van der Waals surface area contributed by atoms with E-state index in [2.05, 4.69) is 64.6 Å². The molecule has 3 heteroatoms. The maximum absolute atomic E-state index is 5.63. The second-order valence-corrected chi connectivity index (χ2v) is 5.77. The number of hydrogen-bond donors (Lipinski definition) is 1. The Labute approximate surface area is 135 Å². The van der Waals surface area contributed by atoms with E-state index in [1.54, 1.807) is 0 Å². The van der Waals surface area contributed by atoms with E-state index in [1.807, 2.05) is 19.1 Å². The Balaban J connectivity index is 2.36. The average Bonchev–Trinajstić information content (AvgIpc) is 2.50. The molecule has 0 aliphatic rings. The van der Waals surface area contributed by atoms with Crippen LogP contribution in [0.5, 0.6) is 5.75 Å². The summed E-state index contributed by atoms with van der Waals surface area (Å²) in [4.78, 5) is 0. The van der Waals surface area contributed by atoms with Gasteiger partial charge >= 0.3 is 0 Å². The van der Waals surface area contributed by atoms with Crippen LogP contribution in [0.1, 0.15) is 37.4 Å². The molecular weight excluding hydrogens is 326 g/mol. The Bertz CT molecular complexity index is 571. The molecule has 21 heavy (non-hydrogen) atoms. The Morgan fingerprint density at radius 2 is 1.90 bits per heavy atom. The fourth-order valence-electron chi connectivity index (χ4n) is 2.36. The third-order valence-electron chi connectivity index (χ3n) is 3.32. The Morgan fingerprint density at radius 1 is 1.10 bits per heavy atom. The summed E-state index contributed by atoms with van der Waals surface area (Å²) in [7, 11) is 0. The fraction of sp³-hybridized carbons (Fsp3) is 0.333. The smallest absolute Gasteiger partial charge is 0.119 e. The summed E-state index contributed by atoms with van der Waals surface area (Å²) < 4.78 is 6.75. The molecule has 0 spiro atoms. The van der Waals surface area contributed by atoms with Crippen molar-refractivity contribution in [1.29, 1.82) is 0 Å². The quantitative estimate of drug-likeness (QED) is 0.765. The van der Waals surface area contributed by atoms with Crippen molar-refractivity contribution < 1.29 is 4.74 Å². The SMILES string of the molecule is CCCNC(c1cccc(OCC)c1)c1ccccc1Br. The Kier molecular flexibility index (Phi) is 6.27. The predicted octanol–water partition coefficient (Wildman–Crippen LogP) is 4.94. The van der Waals surface area contributed by atoms with E-state index in [0.29, 0.717) is 6.61 Å². The highest BCUT2D eigenvalue weighted by Crippen LogP contribution is 2.30. The van der Waals surface area contributed by atoms with Gasteiger partial charge in [-0.25, -0.2) is 0 Å². The molecule has 0 saturated carbocycles. The third kappa shape index (κ3) is 4.32. The Morgan fingerprint density at radius 3 is 2.62 bits per heavy atom. The highest BCUT2D eigenvalue weighted by atomic mass is 79.9. The largest absolute Gasteiger partial charge is 0.494 e. The molecule has 2 aromatic rings. The van der Waals surface area contributed by atoms with Gasteiger partial charge in [0.15, 0.2) is 0 Å². The van der Waals surface area contributed by atoms with Crippen molar-refractivity contribution in [3.8, 4) is 5.75 Å². The van der Waals surface area contributed by atoms with Crippen LogP contribution in [0.3, 0.4) is 0 Å². The molecule has 112 valence electrons. The van der Waals surface area contributed by atoms with Gasteiger partial charge in [0.1, 0.15) is 5.75 Å². The number of ether oxygens (including phenoxy) is 1. The zero-order chi connectivity index (χ0) is 15.1. The van der Waals surface area contributed by atoms with E-state index < -0.39 is 0 Å². The predicted molar refractivity (Wildman–Crippen MR) is 91.9 cm³/mol. The molecule has 2 rings (SSSR count). The van der Waals surface area contributed by atoms with E-state index in [4.69, 9.17) is 4.74 Å². The molecule has 0 aliphatic carbocycles. The van der Waals surface area contributed by atoms with Crippen LogP contribution in [0.25, 0.3) is 0 Å². The lowest BCUT2D eigenvalue weighted by Crippen LogP contribution is -2.23. The highest BCUT2D eigenvalue weighted by molar-refractivity contribution is 9.10. The monoisotopic (exact) mass is 347 g/mol. The molecule has 0 saturated heterocycles. The van der Waals surface area contributed by atoms with Gasteiger partial charge in [-0.05, 0) is 49.2 Å². The van der Waals surface area contributed by atoms with E-state index in [0.717, 1.165) is 23.2 Å². The summed E-state index contributed by atoms with van der Waals surface area (Å²) in [5.41, 5.74) is 2.47. The zero-order valence-corrected chi connectivity index (χ0v) is 14.2. The van der Waals surface area contributed by atoms with Crippen molar-refractivity contribution in [2.45, 2.75) is 26.3 Å². The number of rotatable bonds is 7. The lowest BCUT2D eigenvalue weighted by molar-refractivity contribution is 0.339. The molecule has 0 radical (unpaired) electrons. The van der Waals surface area contributed by atoms with Gasteiger partial charge in [0.05, 0.1) is 12.6 Å². The van der Waals surface area contributed by atoms with Gasteiger partial charge in [-0.2, -0.15) is 0 Å². The molecule has 1 N–H and O–H groups in total. The molecule has 0 aromatic heterocycles. The van der Waals surface area contributed by atoms with Gasteiger partial charge in [0.25, 0.3) is 0 Å². The molecule has 1 unspecified atom stereocenters. The van der Waals surface area contributed by atoms with Crippen molar-refractivity contribution in [3.05, 3.63) is 64.1 Å². The van der Waals surface area contributed by atoms with Crippen LogP contribution >= 0.6 is 15.9 Å². The maximum atomic E-state index is 5.63. The van der Waals surface area contributed by atoms with Crippen molar-refractivity contribution in [3.63, 3.8) is 0 Å². The van der Waals surface area contributed by atoms with E-state index in [1.165, 1.54) is 11.1 Å². The van der Waals surface area contributed by atoms with Gasteiger partial charge in [-0.3, -0.25) is 0 Å². The van der Waals surface area contributed by atoms with E-state index in [-0.39, 0.29) is 6.04 Å². The van der Waals surface area contributed by atoms with Gasteiger partial charge in [-0.1, -0.05) is 53.2 Å². The first kappa shape index (κ1) is 16.1. The van der Waals surface area contributed by atoms with Crippen LogP contribution in [-0.2, 0) is 0 Å². The second-order valence-electron chi connectivity index (χ2n) is 4.91. The first-order valence-corrected chi connectivity index (χ1v) is 8.26. The molecule has 0 fully saturated rings. The number of halogens is 1. The molecule has 1 atom stereocenters. The molecule has 2 nitrogen and oxygen atoms in total. The third-order valence-corrected chi connectivity index (χ3v) is 4.04. The number of benzene rings is 2. The van der Waals surface area contributed by atoms with Crippen LogP contribution in [0, 0.1) is 0 Å². The minimum Gasteiger partial charge on any atom is -0.494 e. The molecular formula is C18H22BrNO. The van der Waals surface area contributed by atoms with E-state index >= 15 is 0 Å². The van der Waals surface area contributed by atoms with Crippen molar-refractivity contribution in [1.82, 2.24) is 5.32 Å². The first-order chi connectivity index (χ1) is 10.3. The molecule has 0 heterocycles. The summed E-state index contributed by atoms with van der Waals surface area (Å²) >= 11 is 3.66. The van der Waals surface area contributed by atoms with Crippen LogP contribution in [0.4, 0.5) is 0 Å². The van der Waals surface area contributed by atoms with Crippen LogP contribution < -0.4 is 10.1 Å². The minimum atomic E-state index is 0.168. The number of hydrogen-bond acceptors (Lipinski definition) is 2. The normalized spacial score (nSPS) is 12.1. The summed E-state index contributed by atoms with van der Waals surface area (Å²) in [6, 6.07) is 16.9. The summed E-state index contributed by atoms with van der Waals surface area (Å²) in [6.07, 6.45) is 1.10. The molecule has 0 amide bonds. The Hall–Kier alpha value is -1.32. The van der Waals surface area contributed by atoms with Crippen LogP contribution in [-0.4, -0.2) is 13.2 Å². The van der Waals surface area contributed by atoms with Gasteiger partial charge in [0, 0.05) is 4.47 Å². The summed E-state index contributed by atoms with van der Waals surface area (Å²) in [5.74, 6) is 0.922. The van der Waals surface area contributed by atoms with Crippen molar-refractivity contribution in [2.24, 2.45) is 0 Å². The van der Waals surface area contributed by atoms with Gasteiger partial charge < -0.3 is 10.1 Å². The average molecular weight is 348 g/mol. The lowest BCUT2D eigenvalue weighted by atomic mass is 9.98. The van der Waals surface area contributed by atoms with Gasteiger partial charge in [0.2, 0.25) is 0 Å². The van der Waals surface area contributed by atoms with Crippen molar-refractivity contribution in [2.75, 3.05) is 13.2 Å². The topological polar surface area (TPSA) is 21.3 Å². The first-order valence-electron chi connectivity index (χ1n) is 7.46. The van der Waals surface area contributed by atoms with Crippen LogP contribution in [0.15, 0.2) is 53.0 Å². The summed E-state index contributed by atoms with van der Waals surface area (Å²) in [6.45, 7) is 5.85. The highest BCUT2D eigenvalue weighted by Gasteiger charge is 2.16. The summed E-state index contributed by atoms with van der Waals surface area (Å²) in [5, 5.41) is 3.63. The van der Waals surface area contributed by atoms with E-state index in [9.17, 15) is 0 Å². The lowest BCUT2D eigenvalue weighted by Gasteiger charge is -2.21.